The topological polar surface area (TPSA) is 74.3 Å². The molecule has 0 aliphatic heterocycles. The maximum Gasteiger partial charge on any atom is 0.191 e. The SMILES string of the molecule is CCOC1CC(NC(=NC)NCc2ccn[nH]2)C1(CC)CC. The highest BCUT2D eigenvalue weighted by molar-refractivity contribution is 5.80. The molecule has 1 fully saturated rings. The van der Waals surface area contributed by atoms with E-state index < -0.39 is 0 Å². The number of nitrogens with zero attached hydrogens (tertiary/aromatic N) is 2. The van der Waals surface area contributed by atoms with E-state index in [0.717, 1.165) is 37.5 Å². The molecule has 6 heteroatoms. The highest BCUT2D eigenvalue weighted by Crippen LogP contribution is 2.48. The zero-order valence-electron chi connectivity index (χ0n) is 14.1. The van der Waals surface area contributed by atoms with E-state index in [2.05, 4.69) is 46.6 Å². The Kier molecular flexibility index (Phi) is 5.83. The van der Waals surface area contributed by atoms with Gasteiger partial charge in [0.05, 0.1) is 18.3 Å². The van der Waals surface area contributed by atoms with Crippen LogP contribution in [0.4, 0.5) is 0 Å². The molecule has 2 unspecified atom stereocenters. The van der Waals surface area contributed by atoms with Crippen LogP contribution >= 0.6 is 0 Å². The molecule has 124 valence electrons. The minimum absolute atomic E-state index is 0.210. The number of guanidine groups is 1. The van der Waals surface area contributed by atoms with Gasteiger partial charge in [0, 0.05) is 31.3 Å². The normalized spacial score (nSPS) is 23.9. The molecule has 3 N–H and O–H groups in total. The van der Waals surface area contributed by atoms with Crippen LogP contribution in [0, 0.1) is 5.41 Å². The van der Waals surface area contributed by atoms with Crippen molar-refractivity contribution < 1.29 is 4.74 Å². The lowest BCUT2D eigenvalue weighted by Gasteiger charge is -2.55. The minimum Gasteiger partial charge on any atom is -0.378 e. The monoisotopic (exact) mass is 307 g/mol. The van der Waals surface area contributed by atoms with Gasteiger partial charge in [0.1, 0.15) is 0 Å². The van der Waals surface area contributed by atoms with Gasteiger partial charge in [0.25, 0.3) is 0 Å². The molecule has 6 nitrogen and oxygen atoms in total. The molecule has 2 rings (SSSR count). The molecule has 0 saturated heterocycles. The summed E-state index contributed by atoms with van der Waals surface area (Å²) in [5.41, 5.74) is 1.25. The molecule has 1 saturated carbocycles. The first-order chi connectivity index (χ1) is 10.7. The van der Waals surface area contributed by atoms with E-state index >= 15 is 0 Å². The van der Waals surface area contributed by atoms with E-state index in [-0.39, 0.29) is 5.41 Å². The Labute approximate surface area is 133 Å². The summed E-state index contributed by atoms with van der Waals surface area (Å²) in [4.78, 5) is 4.33. The van der Waals surface area contributed by atoms with Crippen molar-refractivity contribution in [2.24, 2.45) is 10.4 Å². The lowest BCUT2D eigenvalue weighted by molar-refractivity contribution is -0.133. The van der Waals surface area contributed by atoms with Crippen LogP contribution in [0.15, 0.2) is 17.3 Å². The van der Waals surface area contributed by atoms with Gasteiger partial charge in [-0.2, -0.15) is 5.10 Å². The molecule has 1 aliphatic rings. The average Bonchev–Trinajstić information content (AvgIpc) is 3.04. The smallest absolute Gasteiger partial charge is 0.191 e. The number of H-pyrrole nitrogens is 1. The number of ether oxygens (including phenoxy) is 1. The van der Waals surface area contributed by atoms with Crippen molar-refractivity contribution in [1.82, 2.24) is 20.8 Å². The van der Waals surface area contributed by atoms with Crippen LogP contribution in [0.25, 0.3) is 0 Å². The van der Waals surface area contributed by atoms with Crippen molar-refractivity contribution in [1.29, 1.82) is 0 Å². The second kappa shape index (κ2) is 7.63. The molecule has 22 heavy (non-hydrogen) atoms. The summed E-state index contributed by atoms with van der Waals surface area (Å²) in [7, 11) is 1.81. The third-order valence-electron chi connectivity index (χ3n) is 5.01. The van der Waals surface area contributed by atoms with E-state index in [1.165, 1.54) is 0 Å². The molecule has 1 heterocycles. The second-order valence-corrected chi connectivity index (χ2v) is 5.82. The van der Waals surface area contributed by atoms with E-state index in [1.807, 2.05) is 6.07 Å². The maximum absolute atomic E-state index is 5.93. The van der Waals surface area contributed by atoms with Crippen LogP contribution < -0.4 is 10.6 Å². The third kappa shape index (κ3) is 3.27. The van der Waals surface area contributed by atoms with Crippen LogP contribution in [-0.4, -0.2) is 42.0 Å². The van der Waals surface area contributed by atoms with Crippen molar-refractivity contribution >= 4 is 5.96 Å². The average molecular weight is 307 g/mol. The molecular weight excluding hydrogens is 278 g/mol. The highest BCUT2D eigenvalue weighted by atomic mass is 16.5. The molecule has 1 aromatic rings. The highest BCUT2D eigenvalue weighted by Gasteiger charge is 2.53. The number of aromatic amines is 1. The summed E-state index contributed by atoms with van der Waals surface area (Å²) in [5.74, 6) is 0.834. The number of nitrogens with one attached hydrogen (secondary N) is 3. The first-order valence-electron chi connectivity index (χ1n) is 8.27. The van der Waals surface area contributed by atoms with Crippen molar-refractivity contribution in [3.8, 4) is 0 Å². The van der Waals surface area contributed by atoms with Crippen molar-refractivity contribution in [2.45, 2.75) is 58.7 Å². The zero-order chi connectivity index (χ0) is 16.0. The predicted molar refractivity (Wildman–Crippen MR) is 88.8 cm³/mol. The minimum atomic E-state index is 0.210. The van der Waals surface area contributed by atoms with Gasteiger partial charge in [0.15, 0.2) is 5.96 Å². The Morgan fingerprint density at radius 3 is 2.77 bits per heavy atom. The molecule has 0 bridgehead atoms. The zero-order valence-corrected chi connectivity index (χ0v) is 14.1. The van der Waals surface area contributed by atoms with Crippen LogP contribution in [0.1, 0.15) is 45.7 Å². The van der Waals surface area contributed by atoms with Gasteiger partial charge in [0.2, 0.25) is 0 Å². The summed E-state index contributed by atoms with van der Waals surface area (Å²) in [6.07, 6.45) is 5.38. The second-order valence-electron chi connectivity index (χ2n) is 5.82. The van der Waals surface area contributed by atoms with Gasteiger partial charge in [-0.05, 0) is 32.3 Å². The molecule has 1 aromatic heterocycles. The number of hydrogen-bond acceptors (Lipinski definition) is 3. The van der Waals surface area contributed by atoms with Gasteiger partial charge in [-0.3, -0.25) is 10.1 Å². The Hall–Kier alpha value is -1.56. The largest absolute Gasteiger partial charge is 0.378 e. The van der Waals surface area contributed by atoms with E-state index in [1.54, 1.807) is 13.2 Å². The first kappa shape index (κ1) is 16.8. The maximum atomic E-state index is 5.93. The Morgan fingerprint density at radius 2 is 2.23 bits per heavy atom. The molecule has 1 aliphatic carbocycles. The quantitative estimate of drug-likeness (QED) is 0.532. The van der Waals surface area contributed by atoms with Gasteiger partial charge < -0.3 is 15.4 Å². The number of hydrogen-bond donors (Lipinski definition) is 3. The molecular formula is C16H29N5O. The Balaban J connectivity index is 1.93. The molecule has 0 aromatic carbocycles. The van der Waals surface area contributed by atoms with Gasteiger partial charge in [-0.15, -0.1) is 0 Å². The summed E-state index contributed by atoms with van der Waals surface area (Å²) in [5, 5.41) is 13.8. The molecule has 0 amide bonds. The van der Waals surface area contributed by atoms with Crippen molar-refractivity contribution in [3.63, 3.8) is 0 Å². The fraction of sp³-hybridized carbons (Fsp3) is 0.750. The fourth-order valence-electron chi connectivity index (χ4n) is 3.51. The van der Waals surface area contributed by atoms with Crippen molar-refractivity contribution in [3.05, 3.63) is 18.0 Å². The van der Waals surface area contributed by atoms with Crippen molar-refractivity contribution in [2.75, 3.05) is 13.7 Å². The van der Waals surface area contributed by atoms with Gasteiger partial charge in [-0.25, -0.2) is 0 Å². The van der Waals surface area contributed by atoms with E-state index in [0.29, 0.717) is 18.7 Å². The van der Waals surface area contributed by atoms with Gasteiger partial charge in [-0.1, -0.05) is 13.8 Å². The number of aliphatic imine (C=N–C) groups is 1. The van der Waals surface area contributed by atoms with Crippen LogP contribution in [-0.2, 0) is 11.3 Å². The van der Waals surface area contributed by atoms with Crippen LogP contribution in [0.2, 0.25) is 0 Å². The Morgan fingerprint density at radius 1 is 1.45 bits per heavy atom. The standard InChI is InChI=1S/C16H29N5O/c1-5-16(6-2)13(10-14(16)22-7-3)20-15(17-4)18-11-12-8-9-19-21-12/h8-9,13-14H,5-7,10-11H2,1-4H3,(H,19,21)(H2,17,18,20). The summed E-state index contributed by atoms with van der Waals surface area (Å²) >= 11 is 0. The lowest BCUT2D eigenvalue weighted by atomic mass is 9.58. The van der Waals surface area contributed by atoms with E-state index in [9.17, 15) is 0 Å². The predicted octanol–water partition coefficient (Wildman–Crippen LogP) is 2.06. The Bertz CT molecular complexity index is 467. The number of rotatable bonds is 7. The van der Waals surface area contributed by atoms with E-state index in [4.69, 9.17) is 4.74 Å². The number of aromatic nitrogens is 2. The summed E-state index contributed by atoms with van der Waals surface area (Å²) in [6.45, 7) is 8.05. The first-order valence-corrected chi connectivity index (χ1v) is 8.27. The lowest BCUT2D eigenvalue weighted by Crippen LogP contribution is -2.65. The fourth-order valence-corrected chi connectivity index (χ4v) is 3.51. The van der Waals surface area contributed by atoms with Gasteiger partial charge >= 0.3 is 0 Å². The molecule has 0 radical (unpaired) electrons. The van der Waals surface area contributed by atoms with Crippen LogP contribution in [0.3, 0.4) is 0 Å². The molecule has 0 spiro atoms. The van der Waals surface area contributed by atoms with Crippen LogP contribution in [0.5, 0.6) is 0 Å². The summed E-state index contributed by atoms with van der Waals surface area (Å²) in [6, 6.07) is 2.36. The third-order valence-corrected chi connectivity index (χ3v) is 5.01. The molecule has 2 atom stereocenters. The summed E-state index contributed by atoms with van der Waals surface area (Å²) < 4.78 is 5.93.